The van der Waals surface area contributed by atoms with Gasteiger partial charge in [0, 0.05) is 11.1 Å². The summed E-state index contributed by atoms with van der Waals surface area (Å²) >= 11 is 6.13. The van der Waals surface area contributed by atoms with E-state index >= 15 is 0 Å². The summed E-state index contributed by atoms with van der Waals surface area (Å²) in [7, 11) is 0. The van der Waals surface area contributed by atoms with Gasteiger partial charge in [-0.2, -0.15) is 0 Å². The fraction of sp³-hybridized carbons (Fsp3) is 0.294. The molecule has 2 N–H and O–H groups in total. The van der Waals surface area contributed by atoms with E-state index in [1.54, 1.807) is 12.1 Å². The Balaban J connectivity index is 2.14. The SMILES string of the molecule is CCC(N)C(OCc1ccccc1Cl)c1ccc(F)cc1. The molecule has 2 unspecified atom stereocenters. The summed E-state index contributed by atoms with van der Waals surface area (Å²) in [5.74, 6) is -0.270. The quantitative estimate of drug-likeness (QED) is 0.854. The molecule has 0 aliphatic heterocycles. The molecule has 0 heterocycles. The maximum Gasteiger partial charge on any atom is 0.123 e. The van der Waals surface area contributed by atoms with Crippen molar-refractivity contribution in [3.8, 4) is 0 Å². The molecule has 2 rings (SSSR count). The molecule has 0 spiro atoms. The normalized spacial score (nSPS) is 13.9. The van der Waals surface area contributed by atoms with E-state index < -0.39 is 0 Å². The van der Waals surface area contributed by atoms with Gasteiger partial charge in [-0.25, -0.2) is 4.39 Å². The van der Waals surface area contributed by atoms with E-state index in [4.69, 9.17) is 22.1 Å². The van der Waals surface area contributed by atoms with E-state index in [1.807, 2.05) is 31.2 Å². The van der Waals surface area contributed by atoms with Gasteiger partial charge in [0.2, 0.25) is 0 Å². The molecule has 0 radical (unpaired) electrons. The largest absolute Gasteiger partial charge is 0.367 e. The minimum Gasteiger partial charge on any atom is -0.367 e. The van der Waals surface area contributed by atoms with Gasteiger partial charge >= 0.3 is 0 Å². The first-order valence-electron chi connectivity index (χ1n) is 6.98. The Bertz CT molecular complexity index is 573. The van der Waals surface area contributed by atoms with Crippen LogP contribution >= 0.6 is 11.6 Å². The van der Waals surface area contributed by atoms with Gasteiger partial charge in [-0.1, -0.05) is 48.9 Å². The van der Waals surface area contributed by atoms with E-state index in [2.05, 4.69) is 0 Å². The van der Waals surface area contributed by atoms with Gasteiger partial charge in [0.05, 0.1) is 12.7 Å². The second kappa shape index (κ2) is 7.55. The molecule has 4 heteroatoms. The molecular formula is C17H19ClFNO. The Morgan fingerprint density at radius 1 is 1.14 bits per heavy atom. The standard InChI is InChI=1S/C17H19ClFNO/c1-2-16(20)17(12-7-9-14(19)10-8-12)21-11-13-5-3-4-6-15(13)18/h3-10,16-17H,2,11,20H2,1H3. The lowest BCUT2D eigenvalue weighted by molar-refractivity contribution is 0.0213. The van der Waals surface area contributed by atoms with Crippen molar-refractivity contribution in [2.45, 2.75) is 32.1 Å². The number of nitrogens with two attached hydrogens (primary N) is 1. The van der Waals surface area contributed by atoms with Gasteiger partial charge in [0.1, 0.15) is 5.82 Å². The molecule has 0 saturated heterocycles. The minimum atomic E-state index is -0.285. The maximum absolute atomic E-state index is 13.0. The van der Waals surface area contributed by atoms with Crippen LogP contribution in [0.2, 0.25) is 5.02 Å². The van der Waals surface area contributed by atoms with Gasteiger partial charge in [0.25, 0.3) is 0 Å². The van der Waals surface area contributed by atoms with Crippen LogP contribution in [0.4, 0.5) is 4.39 Å². The summed E-state index contributed by atoms with van der Waals surface area (Å²) in [5.41, 5.74) is 7.92. The van der Waals surface area contributed by atoms with Crippen molar-refractivity contribution in [1.82, 2.24) is 0 Å². The molecule has 2 nitrogen and oxygen atoms in total. The molecule has 2 aromatic carbocycles. The predicted octanol–water partition coefficient (Wildman–Crippen LogP) is 4.47. The van der Waals surface area contributed by atoms with Crippen molar-refractivity contribution in [1.29, 1.82) is 0 Å². The number of hydrogen-bond acceptors (Lipinski definition) is 2. The summed E-state index contributed by atoms with van der Waals surface area (Å²) in [4.78, 5) is 0. The van der Waals surface area contributed by atoms with Crippen molar-refractivity contribution in [3.05, 3.63) is 70.5 Å². The molecule has 21 heavy (non-hydrogen) atoms. The highest BCUT2D eigenvalue weighted by Gasteiger charge is 2.19. The third-order valence-electron chi connectivity index (χ3n) is 3.44. The van der Waals surface area contributed by atoms with Gasteiger partial charge in [-0.15, -0.1) is 0 Å². The highest BCUT2D eigenvalue weighted by Crippen LogP contribution is 2.25. The zero-order valence-electron chi connectivity index (χ0n) is 11.9. The van der Waals surface area contributed by atoms with E-state index in [-0.39, 0.29) is 18.0 Å². The Morgan fingerprint density at radius 3 is 2.43 bits per heavy atom. The van der Waals surface area contributed by atoms with Crippen LogP contribution in [-0.4, -0.2) is 6.04 Å². The van der Waals surface area contributed by atoms with Gasteiger partial charge in [-0.3, -0.25) is 0 Å². The topological polar surface area (TPSA) is 35.2 Å². The lowest BCUT2D eigenvalue weighted by atomic mass is 10.0. The molecule has 0 bridgehead atoms. The van der Waals surface area contributed by atoms with Crippen LogP contribution in [-0.2, 0) is 11.3 Å². The Hall–Kier alpha value is -1.42. The highest BCUT2D eigenvalue weighted by atomic mass is 35.5. The van der Waals surface area contributed by atoms with Gasteiger partial charge in [-0.05, 0) is 35.7 Å². The smallest absolute Gasteiger partial charge is 0.123 e. The minimum absolute atomic E-state index is 0.155. The average Bonchev–Trinajstić information content (AvgIpc) is 2.50. The maximum atomic E-state index is 13.0. The van der Waals surface area contributed by atoms with Crippen molar-refractivity contribution in [2.75, 3.05) is 0 Å². The van der Waals surface area contributed by atoms with E-state index in [0.717, 1.165) is 17.5 Å². The molecule has 2 aromatic rings. The van der Waals surface area contributed by atoms with Crippen molar-refractivity contribution < 1.29 is 9.13 Å². The predicted molar refractivity (Wildman–Crippen MR) is 83.6 cm³/mol. The Labute approximate surface area is 129 Å². The van der Waals surface area contributed by atoms with Crippen LogP contribution in [0.25, 0.3) is 0 Å². The number of halogens is 2. The molecule has 0 fully saturated rings. The van der Waals surface area contributed by atoms with Gasteiger partial charge < -0.3 is 10.5 Å². The summed E-state index contributed by atoms with van der Waals surface area (Å²) in [6, 6.07) is 13.6. The first-order chi connectivity index (χ1) is 10.1. The van der Waals surface area contributed by atoms with Crippen molar-refractivity contribution >= 4 is 11.6 Å². The molecule has 0 aromatic heterocycles. The lowest BCUT2D eigenvalue weighted by Gasteiger charge is -2.24. The molecule has 112 valence electrons. The summed E-state index contributed by atoms with van der Waals surface area (Å²) < 4.78 is 19.0. The first kappa shape index (κ1) is 16.0. The Kier molecular flexibility index (Phi) is 5.74. The molecule has 0 aliphatic carbocycles. The fourth-order valence-electron chi connectivity index (χ4n) is 2.13. The second-order valence-electron chi connectivity index (χ2n) is 4.95. The second-order valence-corrected chi connectivity index (χ2v) is 5.35. The summed E-state index contributed by atoms with van der Waals surface area (Å²) in [6.07, 6.45) is 0.483. The van der Waals surface area contributed by atoms with Gasteiger partial charge in [0.15, 0.2) is 0 Å². The van der Waals surface area contributed by atoms with E-state index in [0.29, 0.717) is 11.6 Å². The van der Waals surface area contributed by atoms with Crippen molar-refractivity contribution in [3.63, 3.8) is 0 Å². The molecule has 0 saturated carbocycles. The van der Waals surface area contributed by atoms with Crippen LogP contribution in [0.3, 0.4) is 0 Å². The number of hydrogen-bond donors (Lipinski definition) is 1. The average molecular weight is 308 g/mol. The van der Waals surface area contributed by atoms with E-state index in [1.165, 1.54) is 12.1 Å². The molecular weight excluding hydrogens is 289 g/mol. The number of rotatable bonds is 6. The zero-order chi connectivity index (χ0) is 15.2. The molecule has 0 aliphatic rings. The van der Waals surface area contributed by atoms with Crippen molar-refractivity contribution in [2.24, 2.45) is 5.73 Å². The third-order valence-corrected chi connectivity index (χ3v) is 3.80. The Morgan fingerprint density at radius 2 is 1.81 bits per heavy atom. The van der Waals surface area contributed by atoms with Crippen LogP contribution in [0.5, 0.6) is 0 Å². The number of benzene rings is 2. The summed E-state index contributed by atoms with van der Waals surface area (Å²) in [5, 5.41) is 0.667. The van der Waals surface area contributed by atoms with Crippen LogP contribution < -0.4 is 5.73 Å². The van der Waals surface area contributed by atoms with Crippen LogP contribution in [0.15, 0.2) is 48.5 Å². The molecule has 0 amide bonds. The zero-order valence-corrected chi connectivity index (χ0v) is 12.7. The highest BCUT2D eigenvalue weighted by molar-refractivity contribution is 6.31. The monoisotopic (exact) mass is 307 g/mol. The lowest BCUT2D eigenvalue weighted by Crippen LogP contribution is -2.29. The third kappa shape index (κ3) is 4.27. The summed E-state index contributed by atoms with van der Waals surface area (Å²) in [6.45, 7) is 2.37. The first-order valence-corrected chi connectivity index (χ1v) is 7.35. The van der Waals surface area contributed by atoms with E-state index in [9.17, 15) is 4.39 Å². The molecule has 2 atom stereocenters. The fourth-order valence-corrected chi connectivity index (χ4v) is 2.32. The number of ether oxygens (including phenoxy) is 1. The van der Waals surface area contributed by atoms with Crippen LogP contribution in [0, 0.1) is 5.82 Å². The van der Waals surface area contributed by atoms with Crippen LogP contribution in [0.1, 0.15) is 30.6 Å².